The molecule has 6 aliphatic rings. The molecule has 2 aliphatic carbocycles. The van der Waals surface area contributed by atoms with Crippen molar-refractivity contribution in [2.75, 3.05) is 13.9 Å². The summed E-state index contributed by atoms with van der Waals surface area (Å²) in [6.45, 7) is 7.09. The first-order chi connectivity index (χ1) is 15.4. The van der Waals surface area contributed by atoms with Gasteiger partial charge in [0, 0.05) is 7.11 Å². The number of methoxy groups -OCH3 is 1. The number of aliphatic hydroxyl groups is 2. The lowest BCUT2D eigenvalue weighted by Gasteiger charge is -2.48. The maximum Gasteiger partial charge on any atom is 0.343 e. The first-order valence-electron chi connectivity index (χ1n) is 11.2. The lowest BCUT2D eigenvalue weighted by atomic mass is 9.51. The Hall–Kier alpha value is -1.79. The van der Waals surface area contributed by atoms with Crippen LogP contribution in [0.1, 0.15) is 34.1 Å². The van der Waals surface area contributed by atoms with Gasteiger partial charge in [0.15, 0.2) is 17.8 Å². The molecule has 4 saturated heterocycles. The van der Waals surface area contributed by atoms with Crippen LogP contribution in [0, 0.1) is 28.1 Å². The number of rotatable bonds is 3. The molecule has 0 aromatic heterocycles. The molecular formula is C22H28O11. The van der Waals surface area contributed by atoms with Crippen molar-refractivity contribution in [3.8, 4) is 0 Å². The van der Waals surface area contributed by atoms with E-state index >= 15 is 0 Å². The Morgan fingerprint density at radius 2 is 1.82 bits per heavy atom. The van der Waals surface area contributed by atoms with Crippen LogP contribution in [0.5, 0.6) is 0 Å². The number of esters is 3. The van der Waals surface area contributed by atoms with Gasteiger partial charge in [-0.25, -0.2) is 9.59 Å². The molecule has 0 radical (unpaired) electrons. The number of carbonyl (C=O) groups is 3. The summed E-state index contributed by atoms with van der Waals surface area (Å²) in [6, 6.07) is 0. The van der Waals surface area contributed by atoms with Crippen molar-refractivity contribution < 1.29 is 53.0 Å². The van der Waals surface area contributed by atoms with E-state index in [-0.39, 0.29) is 13.2 Å². The zero-order chi connectivity index (χ0) is 23.9. The second kappa shape index (κ2) is 5.88. The molecule has 2 N–H and O–H groups in total. The number of hydrogen-bond acceptors (Lipinski definition) is 11. The minimum atomic E-state index is -2.22. The van der Waals surface area contributed by atoms with Crippen molar-refractivity contribution in [3.05, 3.63) is 0 Å². The summed E-state index contributed by atoms with van der Waals surface area (Å²) in [7, 11) is 1.41. The third-order valence-electron chi connectivity index (χ3n) is 9.32. The normalized spacial score (nSPS) is 55.7. The van der Waals surface area contributed by atoms with Gasteiger partial charge in [0.1, 0.15) is 19.0 Å². The summed E-state index contributed by atoms with van der Waals surface area (Å²) >= 11 is 0. The van der Waals surface area contributed by atoms with Gasteiger partial charge in [-0.2, -0.15) is 0 Å². The van der Waals surface area contributed by atoms with Crippen LogP contribution >= 0.6 is 0 Å². The molecule has 11 nitrogen and oxygen atoms in total. The highest BCUT2D eigenvalue weighted by atomic mass is 16.8. The molecule has 4 aliphatic heterocycles. The van der Waals surface area contributed by atoms with E-state index in [1.54, 1.807) is 0 Å². The van der Waals surface area contributed by atoms with Crippen LogP contribution in [0.2, 0.25) is 0 Å². The zero-order valence-electron chi connectivity index (χ0n) is 19.0. The summed E-state index contributed by atoms with van der Waals surface area (Å²) < 4.78 is 34.1. The minimum Gasteiger partial charge on any atom is -0.459 e. The van der Waals surface area contributed by atoms with Gasteiger partial charge in [0.05, 0.1) is 16.7 Å². The van der Waals surface area contributed by atoms with E-state index in [1.165, 1.54) is 14.0 Å². The monoisotopic (exact) mass is 468 g/mol. The van der Waals surface area contributed by atoms with Gasteiger partial charge in [-0.1, -0.05) is 20.8 Å². The average molecular weight is 468 g/mol. The number of aliphatic hydroxyl groups excluding tert-OH is 1. The standard InChI is InChI=1S/C22H28O11/c1-8-14(24)31-12-11(23)20-10-6-9(18(2,3)4)19(20)13(29-7-28-5)15(25)32-17(19)33-22(20,16(26)30-10)21(8,12)27/h8-13,17,23,27H,6-7H2,1-5H3/t8-,9+,10-,11-,12+,13+,17+,19+,20+,21-,22-/m1/s1. The molecule has 0 aromatic rings. The van der Waals surface area contributed by atoms with Gasteiger partial charge >= 0.3 is 17.9 Å². The van der Waals surface area contributed by atoms with Gasteiger partial charge in [-0.3, -0.25) is 4.79 Å². The van der Waals surface area contributed by atoms with Gasteiger partial charge in [-0.15, -0.1) is 0 Å². The van der Waals surface area contributed by atoms with Crippen LogP contribution in [0.15, 0.2) is 0 Å². The lowest BCUT2D eigenvalue weighted by molar-refractivity contribution is -0.240. The van der Waals surface area contributed by atoms with E-state index in [0.29, 0.717) is 0 Å². The smallest absolute Gasteiger partial charge is 0.343 e. The van der Waals surface area contributed by atoms with Crippen LogP contribution in [-0.4, -0.2) is 83.9 Å². The van der Waals surface area contributed by atoms with Gasteiger partial charge in [0.2, 0.25) is 11.9 Å². The Morgan fingerprint density at radius 1 is 1.12 bits per heavy atom. The summed E-state index contributed by atoms with van der Waals surface area (Å²) in [6.07, 6.45) is -6.23. The Bertz CT molecular complexity index is 974. The van der Waals surface area contributed by atoms with Gasteiger partial charge in [0.25, 0.3) is 0 Å². The molecule has 2 saturated carbocycles. The van der Waals surface area contributed by atoms with Crippen molar-refractivity contribution in [1.29, 1.82) is 0 Å². The topological polar surface area (TPSA) is 147 Å². The highest BCUT2D eigenvalue weighted by Gasteiger charge is 3.04. The molecule has 0 unspecified atom stereocenters. The van der Waals surface area contributed by atoms with E-state index in [4.69, 9.17) is 28.4 Å². The second-order valence-electron chi connectivity index (χ2n) is 11.2. The molecular weight excluding hydrogens is 440 g/mol. The number of hydrogen-bond donors (Lipinski definition) is 2. The molecule has 0 bridgehead atoms. The quantitative estimate of drug-likeness (QED) is 0.307. The second-order valence-corrected chi connectivity index (χ2v) is 11.2. The fourth-order valence-corrected chi connectivity index (χ4v) is 8.43. The number of fused-ring (bicyclic) bond motifs is 1. The molecule has 33 heavy (non-hydrogen) atoms. The summed E-state index contributed by atoms with van der Waals surface area (Å²) in [5.41, 5.74) is -7.95. The largest absolute Gasteiger partial charge is 0.459 e. The zero-order valence-corrected chi connectivity index (χ0v) is 19.0. The molecule has 2 spiro atoms. The highest BCUT2D eigenvalue weighted by Crippen LogP contribution is 2.84. The van der Waals surface area contributed by atoms with E-state index in [9.17, 15) is 24.6 Å². The van der Waals surface area contributed by atoms with Crippen LogP contribution in [-0.2, 0) is 42.8 Å². The minimum absolute atomic E-state index is 0.247. The van der Waals surface area contributed by atoms with Crippen LogP contribution in [0.25, 0.3) is 0 Å². The Kier molecular flexibility index (Phi) is 3.87. The van der Waals surface area contributed by atoms with Crippen LogP contribution in [0.3, 0.4) is 0 Å². The van der Waals surface area contributed by atoms with Gasteiger partial charge < -0.3 is 38.6 Å². The van der Waals surface area contributed by atoms with E-state index in [2.05, 4.69) is 0 Å². The van der Waals surface area contributed by atoms with E-state index < -0.39 is 87.9 Å². The molecule has 11 atom stereocenters. The molecule has 0 amide bonds. The number of carbonyl (C=O) groups excluding carboxylic acids is 3. The fourth-order valence-electron chi connectivity index (χ4n) is 8.43. The maximum atomic E-state index is 13.6. The van der Waals surface area contributed by atoms with Crippen molar-refractivity contribution >= 4 is 17.9 Å². The molecule has 0 aromatic carbocycles. The van der Waals surface area contributed by atoms with Crippen molar-refractivity contribution in [2.24, 2.45) is 28.1 Å². The number of ether oxygens (including phenoxy) is 6. The third-order valence-corrected chi connectivity index (χ3v) is 9.32. The molecule has 6 rings (SSSR count). The first kappa shape index (κ1) is 21.7. The lowest BCUT2D eigenvalue weighted by Crippen LogP contribution is -2.67. The SMILES string of the molecule is COCO[C@H]1C(=O)O[C@H]2O[C@]34C(=O)O[C@@H]5C[C@@H](C(C)(C)C)[C@@]21[C@@]53[C@H](O)[C@@H]1OC(=O)[C@@H](C)[C@@]14O. The fraction of sp³-hybridized carbons (Fsp3) is 0.864. The highest BCUT2D eigenvalue weighted by molar-refractivity contribution is 5.94. The molecule has 11 heteroatoms. The molecule has 182 valence electrons. The predicted octanol–water partition coefficient (Wildman–Crippen LogP) is -0.741. The summed E-state index contributed by atoms with van der Waals surface area (Å²) in [5.74, 6) is -3.96. The van der Waals surface area contributed by atoms with Gasteiger partial charge in [-0.05, 0) is 24.7 Å². The third kappa shape index (κ3) is 1.78. The average Bonchev–Trinajstić information content (AvgIpc) is 3.44. The summed E-state index contributed by atoms with van der Waals surface area (Å²) in [5, 5.41) is 23.9. The van der Waals surface area contributed by atoms with Crippen molar-refractivity contribution in [3.63, 3.8) is 0 Å². The first-order valence-corrected chi connectivity index (χ1v) is 11.2. The Morgan fingerprint density at radius 3 is 2.45 bits per heavy atom. The van der Waals surface area contributed by atoms with E-state index in [1.807, 2.05) is 20.8 Å². The van der Waals surface area contributed by atoms with E-state index in [0.717, 1.165) is 0 Å². The maximum absolute atomic E-state index is 13.6. The van der Waals surface area contributed by atoms with Crippen LogP contribution in [0.4, 0.5) is 0 Å². The Balaban J connectivity index is 1.68. The Labute approximate surface area is 189 Å². The van der Waals surface area contributed by atoms with Crippen molar-refractivity contribution in [2.45, 2.75) is 76.0 Å². The predicted molar refractivity (Wildman–Crippen MR) is 103 cm³/mol. The molecule has 6 fully saturated rings. The van der Waals surface area contributed by atoms with Crippen molar-refractivity contribution in [1.82, 2.24) is 0 Å². The molecule has 4 heterocycles. The van der Waals surface area contributed by atoms with Crippen LogP contribution < -0.4 is 0 Å². The summed E-state index contributed by atoms with van der Waals surface area (Å²) in [4.78, 5) is 39.2.